The quantitative estimate of drug-likeness (QED) is 0.219. The van der Waals surface area contributed by atoms with E-state index in [1.54, 1.807) is 12.1 Å². The van der Waals surface area contributed by atoms with Crippen LogP contribution < -0.4 is 10.6 Å². The number of carbonyl (C=O) groups excluding carboxylic acids is 1. The number of carbonyl (C=O) groups is 1. The van der Waals surface area contributed by atoms with Crippen LogP contribution >= 0.6 is 0 Å². The summed E-state index contributed by atoms with van der Waals surface area (Å²) < 4.78 is 49.8. The first-order chi connectivity index (χ1) is 21.2. The highest BCUT2D eigenvalue weighted by atomic mass is 19.4. The predicted molar refractivity (Wildman–Crippen MR) is 157 cm³/mol. The number of halogens is 3. The van der Waals surface area contributed by atoms with E-state index in [1.165, 1.54) is 49.0 Å². The molecule has 1 amide bonds. The van der Waals surface area contributed by atoms with Gasteiger partial charge >= 0.3 is 6.18 Å². The molecule has 232 valence electrons. The fraction of sp³-hybridized carbons (Fsp3) is 0.433. The second-order valence-electron chi connectivity index (χ2n) is 10.6. The summed E-state index contributed by atoms with van der Waals surface area (Å²) >= 11 is 0. The maximum Gasteiger partial charge on any atom is 0.435 e. The van der Waals surface area contributed by atoms with E-state index in [9.17, 15) is 23.2 Å². The molecular weight excluding hydrogens is 575 g/mol. The number of nitrogens with one attached hydrogen (secondary N) is 2. The molecule has 1 saturated heterocycles. The SMILES string of the molecule is CCc1cc(Nc2nccn3c(-c4cn(C(C)C#N)nc4C(F)(F)F)cnc23)ccc1C(=O)NCCOCCN1CCCC1. The van der Waals surface area contributed by atoms with Crippen molar-refractivity contribution in [1.82, 2.24) is 34.4 Å². The Morgan fingerprint density at radius 2 is 2.00 bits per heavy atom. The van der Waals surface area contributed by atoms with Crippen molar-refractivity contribution in [3.8, 4) is 17.3 Å². The van der Waals surface area contributed by atoms with Gasteiger partial charge in [0.15, 0.2) is 17.2 Å². The van der Waals surface area contributed by atoms with Gasteiger partial charge in [-0.05, 0) is 63.0 Å². The van der Waals surface area contributed by atoms with Crippen molar-refractivity contribution in [3.63, 3.8) is 0 Å². The normalized spacial score (nSPS) is 14.5. The van der Waals surface area contributed by atoms with Crippen LogP contribution in [-0.2, 0) is 17.3 Å². The molecule has 14 heteroatoms. The van der Waals surface area contributed by atoms with Gasteiger partial charge in [-0.2, -0.15) is 23.5 Å². The standard InChI is InChI=1S/C30H34F3N9O2/c1-3-21-16-22(6-7-23(21)29(43)36-9-14-44-15-13-40-10-4-5-11-40)38-27-28-37-18-25(41(28)12-8-35-27)24-19-42(20(2)17-34)39-26(24)30(31,32)33/h6-8,12,16,18-20H,3-5,9-11,13-15H2,1-2H3,(H,35,38)(H,36,43). The molecule has 44 heavy (non-hydrogen) atoms. The number of fused-ring (bicyclic) bond motifs is 1. The Hall–Kier alpha value is -4.48. The van der Waals surface area contributed by atoms with Gasteiger partial charge in [0.25, 0.3) is 5.91 Å². The van der Waals surface area contributed by atoms with Gasteiger partial charge < -0.3 is 20.3 Å². The molecule has 4 heterocycles. The van der Waals surface area contributed by atoms with Gasteiger partial charge in [-0.15, -0.1) is 0 Å². The zero-order chi connectivity index (χ0) is 31.3. The third kappa shape index (κ3) is 6.84. The van der Waals surface area contributed by atoms with Crippen LogP contribution in [0, 0.1) is 11.3 Å². The van der Waals surface area contributed by atoms with Crippen molar-refractivity contribution in [2.45, 2.75) is 45.3 Å². The van der Waals surface area contributed by atoms with Gasteiger partial charge in [-0.25, -0.2) is 9.97 Å². The molecule has 1 fully saturated rings. The van der Waals surface area contributed by atoms with E-state index in [4.69, 9.17) is 4.74 Å². The van der Waals surface area contributed by atoms with Crippen LogP contribution in [-0.4, -0.2) is 74.3 Å². The van der Waals surface area contributed by atoms with Crippen LogP contribution in [0.5, 0.6) is 0 Å². The molecule has 1 aromatic carbocycles. The van der Waals surface area contributed by atoms with Crippen molar-refractivity contribution in [3.05, 3.63) is 59.8 Å². The van der Waals surface area contributed by atoms with Gasteiger partial charge in [-0.1, -0.05) is 6.92 Å². The van der Waals surface area contributed by atoms with Crippen LogP contribution in [0.3, 0.4) is 0 Å². The molecule has 4 aromatic rings. The number of imidazole rings is 1. The molecule has 0 spiro atoms. The van der Waals surface area contributed by atoms with E-state index in [0.29, 0.717) is 48.9 Å². The number of rotatable bonds is 12. The molecule has 2 N–H and O–H groups in total. The van der Waals surface area contributed by atoms with E-state index in [2.05, 4.69) is 30.6 Å². The Bertz CT molecular complexity index is 1650. The van der Waals surface area contributed by atoms with Crippen molar-refractivity contribution in [1.29, 1.82) is 5.26 Å². The lowest BCUT2D eigenvalue weighted by Crippen LogP contribution is -2.29. The number of ether oxygens (including phenoxy) is 1. The summed E-state index contributed by atoms with van der Waals surface area (Å²) in [4.78, 5) is 24.0. The summed E-state index contributed by atoms with van der Waals surface area (Å²) in [6, 6.07) is 6.31. The molecule has 0 aliphatic carbocycles. The Morgan fingerprint density at radius 3 is 2.73 bits per heavy atom. The Labute approximate surface area is 252 Å². The largest absolute Gasteiger partial charge is 0.435 e. The van der Waals surface area contributed by atoms with E-state index >= 15 is 0 Å². The monoisotopic (exact) mass is 609 g/mol. The van der Waals surface area contributed by atoms with Crippen LogP contribution in [0.2, 0.25) is 0 Å². The number of benzene rings is 1. The molecular formula is C30H34F3N9O2. The van der Waals surface area contributed by atoms with Crippen LogP contribution in [0.1, 0.15) is 54.3 Å². The molecule has 5 rings (SSSR count). The number of alkyl halides is 3. The minimum atomic E-state index is -4.74. The smallest absolute Gasteiger partial charge is 0.378 e. The minimum absolute atomic E-state index is 0.149. The van der Waals surface area contributed by atoms with E-state index < -0.39 is 17.9 Å². The van der Waals surface area contributed by atoms with Gasteiger partial charge in [0.1, 0.15) is 6.04 Å². The average Bonchev–Trinajstić information content (AvgIpc) is 3.78. The second kappa shape index (κ2) is 13.4. The molecule has 1 aliphatic heterocycles. The van der Waals surface area contributed by atoms with Crippen LogP contribution in [0.25, 0.3) is 16.9 Å². The Kier molecular flexibility index (Phi) is 9.46. The third-order valence-electron chi connectivity index (χ3n) is 7.56. The summed E-state index contributed by atoms with van der Waals surface area (Å²) in [6.07, 6.45) is 3.82. The lowest BCUT2D eigenvalue weighted by molar-refractivity contribution is -0.141. The molecule has 1 aliphatic rings. The van der Waals surface area contributed by atoms with E-state index in [-0.39, 0.29) is 17.2 Å². The molecule has 3 aromatic heterocycles. The van der Waals surface area contributed by atoms with Crippen molar-refractivity contribution in [2.24, 2.45) is 0 Å². The molecule has 11 nitrogen and oxygen atoms in total. The number of aryl methyl sites for hydroxylation is 1. The van der Waals surface area contributed by atoms with Crippen molar-refractivity contribution in [2.75, 3.05) is 44.7 Å². The highest BCUT2D eigenvalue weighted by Crippen LogP contribution is 2.37. The zero-order valence-corrected chi connectivity index (χ0v) is 24.6. The number of likely N-dealkylation sites (tertiary alicyclic amines) is 1. The summed E-state index contributed by atoms with van der Waals surface area (Å²) in [6.45, 7) is 8.04. The molecule has 1 atom stereocenters. The summed E-state index contributed by atoms with van der Waals surface area (Å²) in [5.41, 5.74) is 1.13. The number of nitriles is 1. The molecule has 0 saturated carbocycles. The maximum atomic E-state index is 13.9. The van der Waals surface area contributed by atoms with Gasteiger partial charge in [0.2, 0.25) is 0 Å². The number of anilines is 2. The fourth-order valence-corrected chi connectivity index (χ4v) is 5.21. The lowest BCUT2D eigenvalue weighted by Gasteiger charge is -2.15. The Morgan fingerprint density at radius 1 is 1.20 bits per heavy atom. The third-order valence-corrected chi connectivity index (χ3v) is 7.56. The Balaban J connectivity index is 1.29. The zero-order valence-electron chi connectivity index (χ0n) is 24.6. The van der Waals surface area contributed by atoms with E-state index in [0.717, 1.165) is 29.9 Å². The predicted octanol–water partition coefficient (Wildman–Crippen LogP) is 4.84. The highest BCUT2D eigenvalue weighted by Gasteiger charge is 2.39. The number of hydrogen-bond acceptors (Lipinski definition) is 8. The molecule has 0 bridgehead atoms. The summed E-state index contributed by atoms with van der Waals surface area (Å²) in [5.74, 6) is 0.122. The first kappa shape index (κ1) is 31.0. The summed E-state index contributed by atoms with van der Waals surface area (Å²) in [7, 11) is 0. The van der Waals surface area contributed by atoms with Gasteiger partial charge in [0.05, 0.1) is 36.7 Å². The first-order valence-electron chi connectivity index (χ1n) is 14.6. The topological polar surface area (TPSA) is 125 Å². The lowest BCUT2D eigenvalue weighted by atomic mass is 10.0. The van der Waals surface area contributed by atoms with Crippen molar-refractivity contribution >= 4 is 23.1 Å². The molecule has 0 radical (unpaired) electrons. The van der Waals surface area contributed by atoms with Crippen LogP contribution in [0.15, 0.2) is 43.0 Å². The number of hydrogen-bond donors (Lipinski definition) is 2. The van der Waals surface area contributed by atoms with Gasteiger partial charge in [0, 0.05) is 42.9 Å². The van der Waals surface area contributed by atoms with Crippen molar-refractivity contribution < 1.29 is 22.7 Å². The number of nitrogens with zero attached hydrogens (tertiary/aromatic N) is 7. The van der Waals surface area contributed by atoms with Crippen LogP contribution in [0.4, 0.5) is 24.7 Å². The number of amides is 1. The number of aromatic nitrogens is 5. The average molecular weight is 610 g/mol. The second-order valence-corrected chi connectivity index (χ2v) is 10.6. The first-order valence-corrected chi connectivity index (χ1v) is 14.6. The molecule has 1 unspecified atom stereocenters. The van der Waals surface area contributed by atoms with Gasteiger partial charge in [-0.3, -0.25) is 13.9 Å². The highest BCUT2D eigenvalue weighted by molar-refractivity contribution is 5.96. The summed E-state index contributed by atoms with van der Waals surface area (Å²) in [5, 5.41) is 18.9. The van der Waals surface area contributed by atoms with E-state index in [1.807, 2.05) is 19.1 Å². The fourth-order valence-electron chi connectivity index (χ4n) is 5.21. The minimum Gasteiger partial charge on any atom is -0.378 e. The maximum absolute atomic E-state index is 13.9.